The van der Waals surface area contributed by atoms with Gasteiger partial charge in [0, 0.05) is 0 Å². The molecular formula is C18H21NO7S2. The number of thioether (sulfide) groups is 1. The molecule has 0 aliphatic rings. The van der Waals surface area contributed by atoms with Gasteiger partial charge in [-0.1, -0.05) is 18.2 Å². The Morgan fingerprint density at radius 3 is 2.57 bits per heavy atom. The van der Waals surface area contributed by atoms with Gasteiger partial charge in [0.15, 0.2) is 5.76 Å². The minimum absolute atomic E-state index is 0.0518. The first kappa shape index (κ1) is 22.0. The molecule has 0 radical (unpaired) electrons. The molecule has 1 unspecified atom stereocenters. The van der Waals surface area contributed by atoms with Gasteiger partial charge in [0.1, 0.15) is 18.2 Å². The lowest BCUT2D eigenvalue weighted by molar-refractivity contribution is -0.147. The molecule has 10 heteroatoms. The van der Waals surface area contributed by atoms with E-state index in [1.165, 1.54) is 43.3 Å². The molecule has 2 rings (SSSR count). The fourth-order valence-electron chi connectivity index (χ4n) is 2.30. The normalized spacial score (nSPS) is 12.4. The average Bonchev–Trinajstić information content (AvgIpc) is 3.18. The zero-order valence-corrected chi connectivity index (χ0v) is 17.0. The van der Waals surface area contributed by atoms with Crippen LogP contribution in [-0.4, -0.2) is 45.5 Å². The molecule has 8 nitrogen and oxygen atoms in total. The number of benzene rings is 1. The predicted molar refractivity (Wildman–Crippen MR) is 103 cm³/mol. The molecule has 1 aromatic carbocycles. The van der Waals surface area contributed by atoms with Crippen LogP contribution in [0.25, 0.3) is 0 Å². The van der Waals surface area contributed by atoms with Crippen molar-refractivity contribution in [1.82, 2.24) is 4.72 Å². The lowest BCUT2D eigenvalue weighted by Crippen LogP contribution is -2.42. The molecular weight excluding hydrogens is 406 g/mol. The van der Waals surface area contributed by atoms with Gasteiger partial charge < -0.3 is 13.9 Å². The van der Waals surface area contributed by atoms with Crippen LogP contribution in [0.1, 0.15) is 22.5 Å². The van der Waals surface area contributed by atoms with Crippen molar-refractivity contribution in [2.45, 2.75) is 24.0 Å². The quantitative estimate of drug-likeness (QED) is 0.575. The number of esters is 2. The van der Waals surface area contributed by atoms with Gasteiger partial charge in [-0.3, -0.25) is 4.79 Å². The van der Waals surface area contributed by atoms with E-state index < -0.39 is 28.0 Å². The number of carbonyl (C=O) groups is 2. The summed E-state index contributed by atoms with van der Waals surface area (Å²) in [4.78, 5) is 24.2. The van der Waals surface area contributed by atoms with Crippen molar-refractivity contribution < 1.29 is 31.9 Å². The van der Waals surface area contributed by atoms with Gasteiger partial charge >= 0.3 is 11.9 Å². The molecule has 1 aromatic heterocycles. The lowest BCUT2D eigenvalue weighted by atomic mass is 10.2. The Hall–Kier alpha value is -2.30. The standard InChI is InChI=1S/C18H21NO7S2/c1-24-17(20)14-8-10-25-16(14)12-26-18(21)15(9-11-27-2)19-28(22,23)13-6-4-3-5-7-13/h3-8,10,15,19H,9,11-12H2,1-2H3. The summed E-state index contributed by atoms with van der Waals surface area (Å²) in [6, 6.07) is 8.08. The van der Waals surface area contributed by atoms with Crippen LogP contribution < -0.4 is 4.72 Å². The Balaban J connectivity index is 2.09. The first-order chi connectivity index (χ1) is 13.4. The van der Waals surface area contributed by atoms with Crippen molar-refractivity contribution in [1.29, 1.82) is 0 Å². The average molecular weight is 428 g/mol. The molecule has 1 heterocycles. The molecule has 2 aromatic rings. The summed E-state index contributed by atoms with van der Waals surface area (Å²) in [6.45, 7) is -0.320. The number of sulfonamides is 1. The summed E-state index contributed by atoms with van der Waals surface area (Å²) >= 11 is 1.47. The highest BCUT2D eigenvalue weighted by atomic mass is 32.2. The Bertz CT molecular complexity index is 894. The molecule has 1 atom stereocenters. The number of hydrogen-bond donors (Lipinski definition) is 1. The van der Waals surface area contributed by atoms with Crippen LogP contribution >= 0.6 is 11.8 Å². The van der Waals surface area contributed by atoms with E-state index in [1.54, 1.807) is 18.2 Å². The molecule has 0 saturated carbocycles. The maximum atomic E-state index is 12.5. The number of ether oxygens (including phenoxy) is 2. The third-order valence-electron chi connectivity index (χ3n) is 3.74. The van der Waals surface area contributed by atoms with Crippen molar-refractivity contribution >= 4 is 33.7 Å². The Morgan fingerprint density at radius 1 is 1.21 bits per heavy atom. The van der Waals surface area contributed by atoms with Crippen molar-refractivity contribution in [3.8, 4) is 0 Å². The van der Waals surface area contributed by atoms with Gasteiger partial charge in [-0.25, -0.2) is 13.2 Å². The molecule has 0 saturated heterocycles. The molecule has 0 fully saturated rings. The van der Waals surface area contributed by atoms with Crippen LogP contribution in [-0.2, 0) is 30.9 Å². The van der Waals surface area contributed by atoms with E-state index in [2.05, 4.69) is 9.46 Å². The van der Waals surface area contributed by atoms with Crippen molar-refractivity contribution in [3.63, 3.8) is 0 Å². The fourth-order valence-corrected chi connectivity index (χ4v) is 4.01. The SMILES string of the molecule is COC(=O)c1ccoc1COC(=O)C(CCSC)NS(=O)(=O)c1ccccc1. The number of methoxy groups -OCH3 is 1. The van der Waals surface area contributed by atoms with E-state index in [9.17, 15) is 18.0 Å². The second kappa shape index (κ2) is 10.3. The monoisotopic (exact) mass is 427 g/mol. The van der Waals surface area contributed by atoms with Crippen LogP contribution in [0.15, 0.2) is 52.0 Å². The number of nitrogens with one attached hydrogen (secondary N) is 1. The smallest absolute Gasteiger partial charge is 0.341 e. The minimum Gasteiger partial charge on any atom is -0.465 e. The first-order valence-electron chi connectivity index (χ1n) is 8.26. The molecule has 28 heavy (non-hydrogen) atoms. The summed E-state index contributed by atoms with van der Waals surface area (Å²) in [7, 11) is -2.67. The molecule has 0 aliphatic heterocycles. The Kier molecular flexibility index (Phi) is 8.09. The second-order valence-electron chi connectivity index (χ2n) is 5.63. The molecule has 0 bridgehead atoms. The third-order valence-corrected chi connectivity index (χ3v) is 5.87. The van der Waals surface area contributed by atoms with Crippen LogP contribution in [0.5, 0.6) is 0 Å². The van der Waals surface area contributed by atoms with Crippen molar-refractivity contribution in [2.75, 3.05) is 19.1 Å². The van der Waals surface area contributed by atoms with Crippen molar-refractivity contribution in [3.05, 3.63) is 54.0 Å². The van der Waals surface area contributed by atoms with E-state index in [-0.39, 0.29) is 29.2 Å². The van der Waals surface area contributed by atoms with Crippen LogP contribution in [0.2, 0.25) is 0 Å². The summed E-state index contributed by atoms with van der Waals surface area (Å²) in [5.74, 6) is -0.718. The maximum Gasteiger partial charge on any atom is 0.341 e. The van der Waals surface area contributed by atoms with E-state index in [0.29, 0.717) is 5.75 Å². The topological polar surface area (TPSA) is 112 Å². The van der Waals surface area contributed by atoms with Gasteiger partial charge in [0.25, 0.3) is 0 Å². The summed E-state index contributed by atoms with van der Waals surface area (Å²) < 4.78 is 42.4. The van der Waals surface area contributed by atoms with Gasteiger partial charge in [0.05, 0.1) is 18.3 Å². The van der Waals surface area contributed by atoms with Crippen LogP contribution in [0.3, 0.4) is 0 Å². The van der Waals surface area contributed by atoms with E-state index in [0.717, 1.165) is 0 Å². The zero-order chi connectivity index (χ0) is 20.6. The summed E-state index contributed by atoms with van der Waals surface area (Å²) in [6.07, 6.45) is 3.37. The first-order valence-corrected chi connectivity index (χ1v) is 11.1. The van der Waals surface area contributed by atoms with E-state index in [4.69, 9.17) is 9.15 Å². The van der Waals surface area contributed by atoms with Gasteiger partial charge in [-0.15, -0.1) is 0 Å². The molecule has 0 aliphatic carbocycles. The predicted octanol–water partition coefficient (Wildman–Crippen LogP) is 2.21. The second-order valence-corrected chi connectivity index (χ2v) is 8.32. The van der Waals surface area contributed by atoms with Gasteiger partial charge in [0.2, 0.25) is 10.0 Å². The van der Waals surface area contributed by atoms with Gasteiger partial charge in [-0.05, 0) is 36.6 Å². The molecule has 152 valence electrons. The fraction of sp³-hybridized carbons (Fsp3) is 0.333. The summed E-state index contributed by atoms with van der Waals surface area (Å²) in [5, 5.41) is 0. The maximum absolute atomic E-state index is 12.5. The highest BCUT2D eigenvalue weighted by Crippen LogP contribution is 2.15. The van der Waals surface area contributed by atoms with Crippen molar-refractivity contribution in [2.24, 2.45) is 0 Å². The minimum atomic E-state index is -3.89. The zero-order valence-electron chi connectivity index (χ0n) is 15.4. The van der Waals surface area contributed by atoms with Crippen LogP contribution in [0.4, 0.5) is 0 Å². The molecule has 0 amide bonds. The highest BCUT2D eigenvalue weighted by Gasteiger charge is 2.27. The largest absolute Gasteiger partial charge is 0.465 e. The van der Waals surface area contributed by atoms with Gasteiger partial charge in [-0.2, -0.15) is 16.5 Å². The van der Waals surface area contributed by atoms with E-state index >= 15 is 0 Å². The Labute approximate surface area is 167 Å². The van der Waals surface area contributed by atoms with E-state index in [1.807, 2.05) is 6.26 Å². The molecule has 1 N–H and O–H groups in total. The third kappa shape index (κ3) is 5.85. The number of carbonyl (C=O) groups excluding carboxylic acids is 2. The highest BCUT2D eigenvalue weighted by molar-refractivity contribution is 7.98. The lowest BCUT2D eigenvalue weighted by Gasteiger charge is -2.17. The number of rotatable bonds is 10. The summed E-state index contributed by atoms with van der Waals surface area (Å²) in [5.41, 5.74) is 0.140. The Morgan fingerprint density at radius 2 is 1.93 bits per heavy atom. The van der Waals surface area contributed by atoms with Crippen LogP contribution in [0, 0.1) is 0 Å². The molecule has 0 spiro atoms. The number of hydrogen-bond acceptors (Lipinski definition) is 8. The number of furan rings is 1.